The number of hydrogen-bond acceptors (Lipinski definition) is 20. The molecule has 0 atom stereocenters. The van der Waals surface area contributed by atoms with E-state index < -0.39 is 44.0 Å². The molecule has 17 heterocycles. The maximum absolute atomic E-state index is 14.6. The molecule has 8 aromatic rings. The second kappa shape index (κ2) is 44.8. The molecule has 4 aromatic carbocycles. The molecule has 4 aromatic heterocycles. The molecule has 1 radical (unpaired) electrons. The van der Waals surface area contributed by atoms with Gasteiger partial charge in [-0.1, -0.05) is 46.3 Å². The molecule has 21 rings (SSSR count). The first-order chi connectivity index (χ1) is 66.3. The van der Waals surface area contributed by atoms with Crippen molar-refractivity contribution in [3.8, 4) is 0 Å². The molecule has 13 aliphatic rings. The molecule has 13 aliphatic heterocycles. The van der Waals surface area contributed by atoms with E-state index in [0.717, 1.165) is 264 Å². The van der Waals surface area contributed by atoms with Gasteiger partial charge in [0.1, 0.15) is 4.60 Å². The van der Waals surface area contributed by atoms with E-state index >= 15 is 0 Å². The van der Waals surface area contributed by atoms with E-state index in [4.69, 9.17) is 43.6 Å². The number of amides is 4. The molecule has 0 spiro atoms. The van der Waals surface area contributed by atoms with Crippen LogP contribution in [0.15, 0.2) is 74.0 Å². The molecule has 743 valence electrons. The van der Waals surface area contributed by atoms with Crippen molar-refractivity contribution in [1.29, 1.82) is 0 Å². The quantitative estimate of drug-likeness (QED) is 0.0656. The van der Waals surface area contributed by atoms with Crippen molar-refractivity contribution >= 4 is 129 Å². The number of carbonyl (C=O) groups is 4. The Labute approximate surface area is 824 Å². The van der Waals surface area contributed by atoms with E-state index in [0.29, 0.717) is 101 Å². The number of benzene rings is 4. The van der Waals surface area contributed by atoms with Gasteiger partial charge < -0.3 is 67.9 Å². The minimum absolute atomic E-state index is 0.00116. The number of anilines is 7. The normalized spacial score (nSPS) is 19.7. The Morgan fingerprint density at radius 2 is 0.761 bits per heavy atom. The summed E-state index contributed by atoms with van der Waals surface area (Å²) in [4.78, 5) is 61.8. The second-order valence-electron chi connectivity index (χ2n) is 38.5. The van der Waals surface area contributed by atoms with Gasteiger partial charge in [-0.2, -0.15) is 20.4 Å². The molecule has 40 heteroatoms. The zero-order valence-electron chi connectivity index (χ0n) is 79.8. The van der Waals surface area contributed by atoms with Crippen LogP contribution in [0, 0.1) is 0 Å². The summed E-state index contributed by atoms with van der Waals surface area (Å²) in [7, 11) is 3.47. The zero-order valence-corrected chi connectivity index (χ0v) is 83.9. The van der Waals surface area contributed by atoms with Gasteiger partial charge in [0.2, 0.25) is 23.6 Å². The number of aryl methyl sites for hydroxylation is 4. The SMILES string of the molecule is CC(=O)N1CCc2c(c(Br)nn2C2CCOCC2)C1.CC(=O)N1CCc2c(c(N3CCCc4cc(B5OC(C)(C)C(C)(C)O5)c(C(F)F)cc43)nn2C2CCOCC2)C1.CC(=O)N1CCc2c(c(N3CCCc4cc(Br)c(C(F)F)cc43)nn2C2CCOCC2)C1.CC(=O)N1CCc2c(c(N3CCCc4ccc(C(F)F)cc43)nn2C2CCOCC2)C1.FC(F)c1ccc2c(c1)NCCC2.[B]=NS. The van der Waals surface area contributed by atoms with Gasteiger partial charge in [0.15, 0.2) is 17.5 Å². The predicted molar refractivity (Wildman–Crippen MR) is 521 cm³/mol. The van der Waals surface area contributed by atoms with Crippen molar-refractivity contribution in [2.75, 3.05) is 125 Å². The summed E-state index contributed by atoms with van der Waals surface area (Å²) in [5.41, 5.74) is 15.8. The average molecular weight is 2070 g/mol. The second-order valence-corrected chi connectivity index (χ2v) is 40.3. The van der Waals surface area contributed by atoms with Crippen LogP contribution in [0.5, 0.6) is 0 Å². The van der Waals surface area contributed by atoms with Gasteiger partial charge in [0.25, 0.3) is 25.7 Å². The summed E-state index contributed by atoms with van der Waals surface area (Å²) in [6, 6.07) is 17.9. The van der Waals surface area contributed by atoms with Crippen LogP contribution >= 0.6 is 44.7 Å². The number of nitrogens with zero attached hydrogens (tertiary/aromatic N) is 16. The number of alkyl halides is 8. The van der Waals surface area contributed by atoms with Crippen LogP contribution in [0.3, 0.4) is 0 Å². The molecule has 0 unspecified atom stereocenters. The molecular formula is C98H124B2Br2F8N17O10S. The summed E-state index contributed by atoms with van der Waals surface area (Å²) in [6.45, 7) is 28.0. The Morgan fingerprint density at radius 3 is 1.14 bits per heavy atom. The third-order valence-electron chi connectivity index (χ3n) is 29.4. The third-order valence-corrected chi connectivity index (χ3v) is 30.8. The first kappa shape index (κ1) is 102. The molecule has 1 N–H and O–H groups in total. The van der Waals surface area contributed by atoms with Crippen molar-refractivity contribution in [2.24, 2.45) is 4.30 Å². The van der Waals surface area contributed by atoms with Crippen molar-refractivity contribution in [2.45, 2.75) is 271 Å². The summed E-state index contributed by atoms with van der Waals surface area (Å²) >= 11 is 10.1. The number of carbonyl (C=O) groups excluding carboxylic acids is 4. The number of fused-ring (bicyclic) bond motifs is 8. The van der Waals surface area contributed by atoms with Crippen molar-refractivity contribution in [3.05, 3.63) is 159 Å². The molecule has 27 nitrogen and oxygen atoms in total. The van der Waals surface area contributed by atoms with E-state index in [2.05, 4.69) is 100 Å². The number of halogens is 10. The van der Waals surface area contributed by atoms with Gasteiger partial charge >= 0.3 is 31.9 Å². The van der Waals surface area contributed by atoms with Crippen LogP contribution in [0.4, 0.5) is 75.3 Å². The van der Waals surface area contributed by atoms with Gasteiger partial charge in [0.05, 0.1) is 61.5 Å². The fourth-order valence-corrected chi connectivity index (χ4v) is 22.3. The molecular weight excluding hydrogens is 1940 g/mol. The van der Waals surface area contributed by atoms with Crippen LogP contribution < -0.4 is 25.5 Å². The van der Waals surface area contributed by atoms with Gasteiger partial charge in [0, 0.05) is 253 Å². The molecule has 0 aliphatic carbocycles. The minimum atomic E-state index is -2.69. The van der Waals surface area contributed by atoms with Crippen molar-refractivity contribution in [1.82, 2.24) is 58.7 Å². The summed E-state index contributed by atoms with van der Waals surface area (Å²) in [5.74, 6) is 2.66. The molecule has 0 bridgehead atoms. The fourth-order valence-electron chi connectivity index (χ4n) is 21.2. The number of ether oxygens (including phenoxy) is 4. The van der Waals surface area contributed by atoms with Crippen LogP contribution in [-0.4, -0.2) is 214 Å². The summed E-state index contributed by atoms with van der Waals surface area (Å²) < 4.78 is 155. The standard InChI is InChI=1S/C29H39BF2N4O4.C23H27BrF2N4O2.C23H28F2N4O2.C13H18BrN3O2.C10H11F2N.BHNS/c1-18(37)34-12-8-24-22(17-34)27(33-36(24)20-9-13-38-14-10-20)35-11-6-7-19-15-23(21(26(31)32)16-25(19)35)30-39-28(2,3)29(4,5)40-30;1-14(31)28-8-4-20-18(13-28)23(27-30(20)16-5-9-32-10-6-16)29-7-2-3-15-11-19(24)17(22(25)26)12-21(15)29;1-15(30)27-10-6-20-19(14-27)23(26-29(20)18-7-11-31-12-8-18)28-9-2-3-16-4-5-17(22(24)25)13-21(16)28;1-9(18)16-5-2-12-11(8-16)13(14)15-17(12)10-3-6-19-7-4-10;11-10(12)8-4-3-7-2-1-5-13-9(7)6-8;1-2-3/h15-16,20,26H,6-14,17H2,1-5H3;11-12,16,22H,2-10,13H2,1H3;4-5,13,18,22H,2-3,6-12,14H2,1H3;10H,2-8H2,1H3;3-4,6,10,13H,1-2,5H2;3H. The van der Waals surface area contributed by atoms with Crippen LogP contribution in [0.25, 0.3) is 0 Å². The molecule has 5 saturated heterocycles. The van der Waals surface area contributed by atoms with E-state index in [9.17, 15) is 54.3 Å². The van der Waals surface area contributed by atoms with Crippen LogP contribution in [-0.2, 0) is 125 Å². The third kappa shape index (κ3) is 22.3. The predicted octanol–water partition coefficient (Wildman–Crippen LogP) is 18.6. The van der Waals surface area contributed by atoms with E-state index in [1.165, 1.54) is 34.8 Å². The number of rotatable bonds is 12. The van der Waals surface area contributed by atoms with Crippen molar-refractivity contribution in [3.63, 3.8) is 0 Å². The Hall–Kier alpha value is -8.76. The number of thiol groups is 1. The Bertz CT molecular complexity index is 5690. The van der Waals surface area contributed by atoms with Gasteiger partial charge in [-0.25, -0.2) is 35.1 Å². The fraction of sp³-hybridized carbons (Fsp3) is 0.592. The van der Waals surface area contributed by atoms with E-state index in [1.807, 2.05) is 65.5 Å². The van der Waals surface area contributed by atoms with Gasteiger partial charge in [-0.05, 0) is 204 Å². The number of aromatic nitrogens is 8. The van der Waals surface area contributed by atoms with Crippen LogP contribution in [0.2, 0.25) is 0 Å². The topological polar surface area (TPSA) is 242 Å². The van der Waals surface area contributed by atoms with Gasteiger partial charge in [-0.3, -0.25) is 37.9 Å². The van der Waals surface area contributed by atoms with E-state index in [-0.39, 0.29) is 64.0 Å². The first-order valence-electron chi connectivity index (χ1n) is 48.5. The summed E-state index contributed by atoms with van der Waals surface area (Å²) in [5, 5.41) is 23.1. The molecule has 5 fully saturated rings. The molecule has 4 amide bonds. The number of nitrogens with one attached hydrogen (secondary N) is 1. The Kier molecular flexibility index (Phi) is 33.2. The molecule has 138 heavy (non-hydrogen) atoms. The zero-order chi connectivity index (χ0) is 97.7. The first-order valence-corrected chi connectivity index (χ1v) is 50.5. The monoisotopic (exact) mass is 2060 g/mol. The average Bonchev–Trinajstić information content (AvgIpc) is 1.63. The summed E-state index contributed by atoms with van der Waals surface area (Å²) in [6.07, 6.45) is 7.75. The van der Waals surface area contributed by atoms with Gasteiger partial charge in [-0.15, -0.1) is 0 Å². The maximum atomic E-state index is 14.6. The Balaban J connectivity index is 0.000000129. The van der Waals surface area contributed by atoms with E-state index in [1.54, 1.807) is 58.0 Å². The Morgan fingerprint density at radius 1 is 0.428 bits per heavy atom. The van der Waals surface area contributed by atoms with Crippen LogP contribution in [0.1, 0.15) is 272 Å². The number of hydrogen-bond donors (Lipinski definition) is 2. The molecule has 0 saturated carbocycles. The van der Waals surface area contributed by atoms with Crippen molar-refractivity contribution < 1.29 is 82.6 Å².